The van der Waals surface area contributed by atoms with Gasteiger partial charge in [-0.05, 0) is 42.2 Å². The topological polar surface area (TPSA) is 54.5 Å². The molecule has 2 heterocycles. The monoisotopic (exact) mass is 399 g/mol. The summed E-state index contributed by atoms with van der Waals surface area (Å²) in [6.45, 7) is 3.71. The molecular weight excluding hydrogens is 374 g/mol. The number of benzene rings is 1. The third kappa shape index (κ3) is 4.01. The van der Waals surface area contributed by atoms with E-state index in [-0.39, 0.29) is 5.91 Å². The second-order valence-electron chi connectivity index (χ2n) is 7.60. The molecule has 6 heteroatoms. The second-order valence-corrected chi connectivity index (χ2v) is 8.04. The van der Waals surface area contributed by atoms with Crippen LogP contribution >= 0.6 is 11.6 Å². The number of anilines is 1. The number of morpholine rings is 1. The largest absolute Gasteiger partial charge is 0.378 e. The normalized spacial score (nSPS) is 18.8. The van der Waals surface area contributed by atoms with Crippen LogP contribution in [0.25, 0.3) is 0 Å². The molecule has 1 N–H and O–H groups in total. The standard InChI is InChI=1S/C22H26ClN3O2/c23-19-6-4-18(5-7-19)22(9-1-2-10-22)21(27)25-16-17-3-8-20(24-15-17)26-11-13-28-14-12-26/h3-8,15H,1-2,9-14,16H2,(H,25,27). The molecule has 1 aliphatic heterocycles. The third-order valence-corrected chi connectivity index (χ3v) is 6.14. The van der Waals surface area contributed by atoms with Gasteiger partial charge in [-0.2, -0.15) is 0 Å². The maximum Gasteiger partial charge on any atom is 0.230 e. The van der Waals surface area contributed by atoms with Crippen LogP contribution < -0.4 is 10.2 Å². The number of nitrogens with one attached hydrogen (secondary N) is 1. The minimum Gasteiger partial charge on any atom is -0.378 e. The molecule has 1 saturated heterocycles. The van der Waals surface area contributed by atoms with E-state index in [0.717, 1.165) is 68.9 Å². The lowest BCUT2D eigenvalue weighted by Gasteiger charge is -2.29. The lowest BCUT2D eigenvalue weighted by Crippen LogP contribution is -2.42. The van der Waals surface area contributed by atoms with E-state index >= 15 is 0 Å². The van der Waals surface area contributed by atoms with Gasteiger partial charge in [-0.1, -0.05) is 42.6 Å². The summed E-state index contributed by atoms with van der Waals surface area (Å²) >= 11 is 6.04. The summed E-state index contributed by atoms with van der Waals surface area (Å²) in [5, 5.41) is 3.85. The number of rotatable bonds is 5. The number of amides is 1. The van der Waals surface area contributed by atoms with E-state index in [9.17, 15) is 4.79 Å². The molecule has 0 unspecified atom stereocenters. The number of hydrogen-bond donors (Lipinski definition) is 1. The highest BCUT2D eigenvalue weighted by atomic mass is 35.5. The highest BCUT2D eigenvalue weighted by molar-refractivity contribution is 6.30. The molecule has 0 radical (unpaired) electrons. The summed E-state index contributed by atoms with van der Waals surface area (Å²) in [4.78, 5) is 19.9. The maximum atomic E-state index is 13.2. The molecule has 1 saturated carbocycles. The molecule has 0 bridgehead atoms. The summed E-state index contributed by atoms with van der Waals surface area (Å²) in [5.74, 6) is 1.07. The van der Waals surface area contributed by atoms with E-state index in [0.29, 0.717) is 11.6 Å². The molecule has 28 heavy (non-hydrogen) atoms. The van der Waals surface area contributed by atoms with Crippen molar-refractivity contribution in [1.82, 2.24) is 10.3 Å². The summed E-state index contributed by atoms with van der Waals surface area (Å²) in [7, 11) is 0. The molecule has 1 aromatic heterocycles. The van der Waals surface area contributed by atoms with Crippen molar-refractivity contribution in [3.05, 3.63) is 58.7 Å². The molecule has 2 aliphatic rings. The van der Waals surface area contributed by atoms with Gasteiger partial charge in [-0.3, -0.25) is 4.79 Å². The molecular formula is C22H26ClN3O2. The number of aromatic nitrogens is 1. The van der Waals surface area contributed by atoms with Crippen LogP contribution in [0.15, 0.2) is 42.6 Å². The Morgan fingerprint density at radius 1 is 1.11 bits per heavy atom. The highest BCUT2D eigenvalue weighted by Gasteiger charge is 2.42. The zero-order valence-electron chi connectivity index (χ0n) is 16.0. The van der Waals surface area contributed by atoms with Crippen LogP contribution in [-0.2, 0) is 21.5 Å². The van der Waals surface area contributed by atoms with E-state index in [2.05, 4.69) is 15.2 Å². The van der Waals surface area contributed by atoms with E-state index in [1.165, 1.54) is 0 Å². The van der Waals surface area contributed by atoms with Crippen molar-refractivity contribution in [3.8, 4) is 0 Å². The van der Waals surface area contributed by atoms with Crippen molar-refractivity contribution in [1.29, 1.82) is 0 Å². The second kappa shape index (κ2) is 8.50. The van der Waals surface area contributed by atoms with Crippen LogP contribution in [0.5, 0.6) is 0 Å². The SMILES string of the molecule is O=C(NCc1ccc(N2CCOCC2)nc1)C1(c2ccc(Cl)cc2)CCCC1. The molecule has 2 aromatic rings. The van der Waals surface area contributed by atoms with Gasteiger partial charge in [-0.25, -0.2) is 4.98 Å². The number of nitrogens with zero attached hydrogens (tertiary/aromatic N) is 2. The fourth-order valence-corrected chi connectivity index (χ4v) is 4.37. The fraction of sp³-hybridized carbons (Fsp3) is 0.455. The Balaban J connectivity index is 1.41. The third-order valence-electron chi connectivity index (χ3n) is 5.89. The fourth-order valence-electron chi connectivity index (χ4n) is 4.25. The smallest absolute Gasteiger partial charge is 0.230 e. The number of halogens is 1. The number of hydrogen-bond acceptors (Lipinski definition) is 4. The summed E-state index contributed by atoms with van der Waals surface area (Å²) < 4.78 is 5.39. The molecule has 2 fully saturated rings. The maximum absolute atomic E-state index is 13.2. The quantitative estimate of drug-likeness (QED) is 0.832. The van der Waals surface area contributed by atoms with Gasteiger partial charge in [0.15, 0.2) is 0 Å². The van der Waals surface area contributed by atoms with Crippen LogP contribution in [0.1, 0.15) is 36.8 Å². The molecule has 4 rings (SSSR count). The highest BCUT2D eigenvalue weighted by Crippen LogP contribution is 2.41. The van der Waals surface area contributed by atoms with Gasteiger partial charge >= 0.3 is 0 Å². The first-order valence-corrected chi connectivity index (χ1v) is 10.4. The first-order valence-electron chi connectivity index (χ1n) is 9.99. The van der Waals surface area contributed by atoms with Gasteiger partial charge in [-0.15, -0.1) is 0 Å². The molecule has 5 nitrogen and oxygen atoms in total. The molecule has 0 atom stereocenters. The first kappa shape index (κ1) is 19.2. The van der Waals surface area contributed by atoms with E-state index in [1.54, 1.807) is 0 Å². The molecule has 1 aliphatic carbocycles. The Bertz CT molecular complexity index is 796. The van der Waals surface area contributed by atoms with Gasteiger partial charge in [0.05, 0.1) is 18.6 Å². The Labute approximate surface area is 171 Å². The molecule has 1 aromatic carbocycles. The summed E-state index contributed by atoms with van der Waals surface area (Å²) in [6.07, 6.45) is 5.77. The van der Waals surface area contributed by atoms with Gasteiger partial charge in [0, 0.05) is 30.9 Å². The first-order chi connectivity index (χ1) is 13.7. The predicted octanol–water partition coefficient (Wildman–Crippen LogP) is 3.70. The molecule has 1 amide bonds. The average Bonchev–Trinajstić information content (AvgIpc) is 3.25. The van der Waals surface area contributed by atoms with E-state index in [4.69, 9.17) is 16.3 Å². The van der Waals surface area contributed by atoms with Gasteiger partial charge in [0.2, 0.25) is 5.91 Å². The van der Waals surface area contributed by atoms with Gasteiger partial charge in [0.1, 0.15) is 5.82 Å². The number of carbonyl (C=O) groups excluding carboxylic acids is 1. The lowest BCUT2D eigenvalue weighted by atomic mass is 9.78. The van der Waals surface area contributed by atoms with Crippen molar-refractivity contribution in [2.45, 2.75) is 37.6 Å². The Hall–Kier alpha value is -2.11. The average molecular weight is 400 g/mol. The minimum absolute atomic E-state index is 0.101. The Morgan fingerprint density at radius 3 is 2.46 bits per heavy atom. The summed E-state index contributed by atoms with van der Waals surface area (Å²) in [5.41, 5.74) is 1.63. The number of carbonyl (C=O) groups is 1. The zero-order chi connectivity index (χ0) is 19.4. The number of ether oxygens (including phenoxy) is 1. The Kier molecular flexibility index (Phi) is 5.83. The van der Waals surface area contributed by atoms with E-state index in [1.807, 2.05) is 42.6 Å². The van der Waals surface area contributed by atoms with Crippen molar-refractivity contribution >= 4 is 23.3 Å². The van der Waals surface area contributed by atoms with Crippen molar-refractivity contribution in [2.75, 3.05) is 31.2 Å². The lowest BCUT2D eigenvalue weighted by molar-refractivity contribution is -0.126. The summed E-state index contributed by atoms with van der Waals surface area (Å²) in [6, 6.07) is 11.8. The van der Waals surface area contributed by atoms with Crippen LogP contribution in [0.2, 0.25) is 5.02 Å². The van der Waals surface area contributed by atoms with Crippen LogP contribution in [0, 0.1) is 0 Å². The van der Waals surface area contributed by atoms with Crippen molar-refractivity contribution in [3.63, 3.8) is 0 Å². The van der Waals surface area contributed by atoms with Crippen molar-refractivity contribution in [2.24, 2.45) is 0 Å². The zero-order valence-corrected chi connectivity index (χ0v) is 16.8. The predicted molar refractivity (Wildman–Crippen MR) is 111 cm³/mol. The molecule has 0 spiro atoms. The van der Waals surface area contributed by atoms with Crippen LogP contribution in [0.4, 0.5) is 5.82 Å². The molecule has 148 valence electrons. The van der Waals surface area contributed by atoms with E-state index < -0.39 is 5.41 Å². The van der Waals surface area contributed by atoms with Crippen LogP contribution in [0.3, 0.4) is 0 Å². The van der Waals surface area contributed by atoms with Crippen LogP contribution in [-0.4, -0.2) is 37.2 Å². The van der Waals surface area contributed by atoms with Gasteiger partial charge in [0.25, 0.3) is 0 Å². The van der Waals surface area contributed by atoms with Crippen molar-refractivity contribution < 1.29 is 9.53 Å². The minimum atomic E-state index is -0.439. The Morgan fingerprint density at radius 2 is 1.82 bits per heavy atom. The van der Waals surface area contributed by atoms with Gasteiger partial charge < -0.3 is 15.0 Å². The number of pyridine rings is 1.